The van der Waals surface area contributed by atoms with Crippen molar-refractivity contribution in [3.8, 4) is 11.6 Å². The molecule has 0 spiro atoms. The number of ether oxygens (including phenoxy) is 2. The van der Waals surface area contributed by atoms with E-state index in [1.807, 2.05) is 0 Å². The molecule has 1 aliphatic heterocycles. The Labute approximate surface area is 139 Å². The molecule has 1 aromatic heterocycles. The summed E-state index contributed by atoms with van der Waals surface area (Å²) in [5.74, 6) is -0.364. The van der Waals surface area contributed by atoms with Crippen LogP contribution in [0.3, 0.4) is 0 Å². The molecule has 0 bridgehead atoms. The molecule has 1 unspecified atom stereocenters. The van der Waals surface area contributed by atoms with Crippen molar-refractivity contribution >= 4 is 22.6 Å². The number of hydrogen-bond acceptors (Lipinski definition) is 5. The van der Waals surface area contributed by atoms with Crippen molar-refractivity contribution in [2.45, 2.75) is 4.90 Å². The van der Waals surface area contributed by atoms with Crippen molar-refractivity contribution in [2.75, 3.05) is 25.0 Å². The summed E-state index contributed by atoms with van der Waals surface area (Å²) in [4.78, 5) is 16.2. The van der Waals surface area contributed by atoms with Crippen LogP contribution in [0.25, 0.3) is 0 Å². The summed E-state index contributed by atoms with van der Waals surface area (Å²) in [6.45, 7) is 0.704. The Morgan fingerprint density at radius 2 is 2.25 bits per heavy atom. The fourth-order valence-corrected chi connectivity index (χ4v) is 3.14. The number of pyridine rings is 1. The topological polar surface area (TPSA) is 89.5 Å². The fraction of sp³-hybridized carbons (Fsp3) is 0.200. The molecule has 7 nitrogen and oxygen atoms in total. The quantitative estimate of drug-likeness (QED) is 0.871. The van der Waals surface area contributed by atoms with Gasteiger partial charge in [0.15, 0.2) is 11.0 Å². The van der Waals surface area contributed by atoms with Gasteiger partial charge in [-0.05, 0) is 24.3 Å². The SMILES string of the molecule is COc1ccc(F)cc1S(=O)Nc1cnc2c(c1)C(=O)NCCO2. The van der Waals surface area contributed by atoms with Crippen molar-refractivity contribution < 1.29 is 22.9 Å². The van der Waals surface area contributed by atoms with Crippen LogP contribution in [0.2, 0.25) is 0 Å². The average molecular weight is 351 g/mol. The monoisotopic (exact) mass is 351 g/mol. The molecule has 1 aromatic carbocycles. The summed E-state index contributed by atoms with van der Waals surface area (Å²) in [6, 6.07) is 5.20. The molecule has 0 aliphatic carbocycles. The van der Waals surface area contributed by atoms with E-state index >= 15 is 0 Å². The Morgan fingerprint density at radius 3 is 3.04 bits per heavy atom. The number of fused-ring (bicyclic) bond motifs is 1. The molecular weight excluding hydrogens is 337 g/mol. The van der Waals surface area contributed by atoms with E-state index in [1.54, 1.807) is 0 Å². The summed E-state index contributed by atoms with van der Waals surface area (Å²) in [5, 5.41) is 2.66. The van der Waals surface area contributed by atoms with Crippen LogP contribution in [-0.2, 0) is 11.0 Å². The van der Waals surface area contributed by atoms with Gasteiger partial charge in [-0.25, -0.2) is 13.6 Å². The lowest BCUT2D eigenvalue weighted by atomic mass is 10.2. The minimum atomic E-state index is -1.80. The van der Waals surface area contributed by atoms with Crippen LogP contribution in [0.5, 0.6) is 11.6 Å². The van der Waals surface area contributed by atoms with Crippen LogP contribution in [0.1, 0.15) is 10.4 Å². The van der Waals surface area contributed by atoms with Crippen LogP contribution in [0.15, 0.2) is 35.4 Å². The predicted molar refractivity (Wildman–Crippen MR) is 85.0 cm³/mol. The van der Waals surface area contributed by atoms with Crippen molar-refractivity contribution in [3.05, 3.63) is 41.8 Å². The highest BCUT2D eigenvalue weighted by Gasteiger charge is 2.19. The number of carbonyl (C=O) groups is 1. The standard InChI is InChI=1S/C15H14FN3O4S/c1-22-12-3-2-9(16)6-13(12)24(21)19-10-7-11-14(20)17-4-5-23-15(11)18-8-10/h2-3,6-8,19H,4-5H2,1H3,(H,17,20). The molecule has 2 N–H and O–H groups in total. The van der Waals surface area contributed by atoms with E-state index in [0.717, 1.165) is 6.07 Å². The molecular formula is C15H14FN3O4S. The molecule has 0 fully saturated rings. The molecule has 9 heteroatoms. The first-order valence-electron chi connectivity index (χ1n) is 7.01. The first kappa shape index (κ1) is 16.2. The van der Waals surface area contributed by atoms with Gasteiger partial charge in [0.1, 0.15) is 28.6 Å². The summed E-state index contributed by atoms with van der Waals surface area (Å²) in [5.41, 5.74) is 0.569. The molecule has 2 heterocycles. The number of aromatic nitrogens is 1. The Bertz CT molecular complexity index is 815. The van der Waals surface area contributed by atoms with Gasteiger partial charge < -0.3 is 14.8 Å². The molecule has 0 saturated carbocycles. The van der Waals surface area contributed by atoms with Crippen molar-refractivity contribution in [2.24, 2.45) is 0 Å². The highest BCUT2D eigenvalue weighted by atomic mass is 32.2. The van der Waals surface area contributed by atoms with Crippen molar-refractivity contribution in [1.82, 2.24) is 10.3 Å². The van der Waals surface area contributed by atoms with Crippen molar-refractivity contribution in [1.29, 1.82) is 0 Å². The van der Waals surface area contributed by atoms with E-state index in [1.165, 1.54) is 31.5 Å². The smallest absolute Gasteiger partial charge is 0.256 e. The highest BCUT2D eigenvalue weighted by molar-refractivity contribution is 7.86. The largest absolute Gasteiger partial charge is 0.495 e. The third kappa shape index (κ3) is 3.30. The maximum absolute atomic E-state index is 13.4. The Hall–Kier alpha value is -2.68. The van der Waals surface area contributed by atoms with Gasteiger partial charge in [-0.2, -0.15) is 0 Å². The molecule has 24 heavy (non-hydrogen) atoms. The van der Waals surface area contributed by atoms with Crippen LogP contribution in [-0.4, -0.2) is 35.4 Å². The van der Waals surface area contributed by atoms with E-state index < -0.39 is 16.8 Å². The van der Waals surface area contributed by atoms with Crippen LogP contribution in [0, 0.1) is 5.82 Å². The second-order valence-electron chi connectivity index (χ2n) is 4.85. The van der Waals surface area contributed by atoms with Gasteiger partial charge >= 0.3 is 0 Å². The van der Waals surface area contributed by atoms with Gasteiger partial charge in [0.2, 0.25) is 5.88 Å². The van der Waals surface area contributed by atoms with Gasteiger partial charge in [-0.1, -0.05) is 0 Å². The minimum Gasteiger partial charge on any atom is -0.495 e. The molecule has 0 radical (unpaired) electrons. The normalized spacial score (nSPS) is 14.7. The average Bonchev–Trinajstić information content (AvgIpc) is 2.76. The summed E-state index contributed by atoms with van der Waals surface area (Å²) < 4.78 is 39.0. The second-order valence-corrected chi connectivity index (χ2v) is 6.03. The molecule has 1 amide bonds. The maximum atomic E-state index is 13.4. The number of halogens is 1. The number of rotatable bonds is 4. The molecule has 1 atom stereocenters. The Morgan fingerprint density at radius 1 is 1.42 bits per heavy atom. The van der Waals surface area contributed by atoms with Gasteiger partial charge in [0.25, 0.3) is 5.91 Å². The van der Waals surface area contributed by atoms with Crippen LogP contribution < -0.4 is 19.5 Å². The number of nitrogens with one attached hydrogen (secondary N) is 2. The van der Waals surface area contributed by atoms with E-state index in [2.05, 4.69) is 15.0 Å². The predicted octanol–water partition coefficient (Wildman–Crippen LogP) is 1.49. The lowest BCUT2D eigenvalue weighted by Crippen LogP contribution is -2.24. The summed E-state index contributed by atoms with van der Waals surface area (Å²) >= 11 is 0. The minimum absolute atomic E-state index is 0.146. The van der Waals surface area contributed by atoms with E-state index in [4.69, 9.17) is 9.47 Å². The zero-order chi connectivity index (χ0) is 17.1. The van der Waals surface area contributed by atoms with E-state index in [-0.39, 0.29) is 28.0 Å². The molecule has 3 rings (SSSR count). The lowest BCUT2D eigenvalue weighted by Gasteiger charge is -2.11. The van der Waals surface area contributed by atoms with Crippen LogP contribution in [0.4, 0.5) is 10.1 Å². The first-order valence-corrected chi connectivity index (χ1v) is 8.16. The number of anilines is 1. The summed E-state index contributed by atoms with van der Waals surface area (Å²) in [6.07, 6.45) is 1.39. The summed E-state index contributed by atoms with van der Waals surface area (Å²) in [7, 11) is -0.398. The number of nitrogens with zero attached hydrogens (tertiary/aromatic N) is 1. The molecule has 2 aromatic rings. The molecule has 0 saturated heterocycles. The lowest BCUT2D eigenvalue weighted by molar-refractivity contribution is 0.0957. The van der Waals surface area contributed by atoms with Gasteiger partial charge in [-0.3, -0.25) is 9.52 Å². The van der Waals surface area contributed by atoms with Crippen LogP contribution >= 0.6 is 0 Å². The number of benzene rings is 1. The fourth-order valence-electron chi connectivity index (χ4n) is 2.15. The second kappa shape index (κ2) is 6.83. The van der Waals surface area contributed by atoms with Gasteiger partial charge in [0.05, 0.1) is 25.5 Å². The van der Waals surface area contributed by atoms with Crippen molar-refractivity contribution in [3.63, 3.8) is 0 Å². The van der Waals surface area contributed by atoms with E-state index in [9.17, 15) is 13.4 Å². The molecule has 126 valence electrons. The highest BCUT2D eigenvalue weighted by Crippen LogP contribution is 2.26. The number of methoxy groups -OCH3 is 1. The van der Waals surface area contributed by atoms with E-state index in [0.29, 0.717) is 18.8 Å². The maximum Gasteiger partial charge on any atom is 0.256 e. The third-order valence-corrected chi connectivity index (χ3v) is 4.40. The zero-order valence-corrected chi connectivity index (χ0v) is 13.5. The van der Waals surface area contributed by atoms with Gasteiger partial charge in [0, 0.05) is 0 Å². The number of hydrogen-bond donors (Lipinski definition) is 2. The first-order chi connectivity index (χ1) is 11.6. The number of carbonyl (C=O) groups excluding carboxylic acids is 1. The zero-order valence-electron chi connectivity index (χ0n) is 12.7. The number of amides is 1. The van der Waals surface area contributed by atoms with Gasteiger partial charge in [-0.15, -0.1) is 0 Å². The Balaban J connectivity index is 1.88. The third-order valence-electron chi connectivity index (χ3n) is 3.26. The Kier molecular flexibility index (Phi) is 4.61. The molecule has 1 aliphatic rings.